The van der Waals surface area contributed by atoms with E-state index in [1.807, 2.05) is 0 Å². The molecule has 0 N–H and O–H groups in total. The standard InChI is InChI=1S/C16H16F3NO5S2/c17-16(18,19)13-4-1-3-12(7-13)10-27(23,24)20-8-15(9-20)26(21,22)11-14-5-2-6-25-14/h1-7,15H,8-11H2. The molecule has 148 valence electrons. The molecule has 11 heteroatoms. The Bertz CT molecular complexity index is 1010. The third-order valence-corrected chi connectivity index (χ3v) is 8.03. The van der Waals surface area contributed by atoms with E-state index in [4.69, 9.17) is 4.42 Å². The zero-order valence-corrected chi connectivity index (χ0v) is 15.5. The van der Waals surface area contributed by atoms with Crippen molar-refractivity contribution < 1.29 is 34.4 Å². The number of nitrogens with zero attached hydrogens (tertiary/aromatic N) is 1. The molecule has 0 radical (unpaired) electrons. The van der Waals surface area contributed by atoms with Crippen LogP contribution in [0.2, 0.25) is 0 Å². The van der Waals surface area contributed by atoms with Gasteiger partial charge in [0.1, 0.15) is 11.5 Å². The third-order valence-electron chi connectivity index (χ3n) is 4.24. The molecule has 1 aliphatic rings. The summed E-state index contributed by atoms with van der Waals surface area (Å²) in [6.45, 7) is -0.436. The normalized spacial score (nSPS) is 17.0. The lowest BCUT2D eigenvalue weighted by molar-refractivity contribution is -0.137. The second-order valence-electron chi connectivity index (χ2n) is 6.28. The molecule has 1 aromatic heterocycles. The largest absolute Gasteiger partial charge is 0.468 e. The zero-order chi connectivity index (χ0) is 19.9. The van der Waals surface area contributed by atoms with Crippen molar-refractivity contribution in [2.45, 2.75) is 22.9 Å². The maximum Gasteiger partial charge on any atom is 0.416 e. The Kier molecular flexibility index (Phi) is 5.12. The minimum Gasteiger partial charge on any atom is -0.468 e. The van der Waals surface area contributed by atoms with Crippen LogP contribution in [-0.2, 0) is 37.5 Å². The van der Waals surface area contributed by atoms with E-state index in [1.54, 1.807) is 6.07 Å². The third kappa shape index (κ3) is 4.53. The lowest BCUT2D eigenvalue weighted by Gasteiger charge is -2.37. The number of benzene rings is 1. The molecule has 2 aromatic rings. The Morgan fingerprint density at radius 3 is 2.33 bits per heavy atom. The summed E-state index contributed by atoms with van der Waals surface area (Å²) in [6.07, 6.45) is -3.22. The maximum absolute atomic E-state index is 12.7. The molecule has 0 amide bonds. The second-order valence-corrected chi connectivity index (χ2v) is 10.5. The van der Waals surface area contributed by atoms with Crippen molar-refractivity contribution in [3.63, 3.8) is 0 Å². The SMILES string of the molecule is O=S(=O)(Cc1ccco1)C1CN(S(=O)(=O)Cc2cccc(C(F)(F)F)c2)C1. The molecule has 3 rings (SSSR count). The lowest BCUT2D eigenvalue weighted by atomic mass is 10.1. The average Bonchev–Trinajstić information content (AvgIpc) is 2.95. The van der Waals surface area contributed by atoms with Crippen LogP contribution in [0.15, 0.2) is 47.1 Å². The van der Waals surface area contributed by atoms with Crippen LogP contribution in [0.5, 0.6) is 0 Å². The van der Waals surface area contributed by atoms with E-state index in [9.17, 15) is 30.0 Å². The van der Waals surface area contributed by atoms with Gasteiger partial charge in [-0.1, -0.05) is 18.2 Å². The summed E-state index contributed by atoms with van der Waals surface area (Å²) >= 11 is 0. The van der Waals surface area contributed by atoms with Crippen molar-refractivity contribution in [3.8, 4) is 0 Å². The van der Waals surface area contributed by atoms with Crippen molar-refractivity contribution >= 4 is 19.9 Å². The summed E-state index contributed by atoms with van der Waals surface area (Å²) in [5.74, 6) is -0.686. The first-order chi connectivity index (χ1) is 12.5. The van der Waals surface area contributed by atoms with Crippen molar-refractivity contribution in [1.82, 2.24) is 4.31 Å². The van der Waals surface area contributed by atoms with Crippen LogP contribution in [0, 0.1) is 0 Å². The van der Waals surface area contributed by atoms with Gasteiger partial charge in [-0.15, -0.1) is 0 Å². The second kappa shape index (κ2) is 6.95. The van der Waals surface area contributed by atoms with E-state index in [2.05, 4.69) is 0 Å². The monoisotopic (exact) mass is 423 g/mol. The van der Waals surface area contributed by atoms with Gasteiger partial charge in [0.15, 0.2) is 9.84 Å². The fourth-order valence-electron chi connectivity index (χ4n) is 2.71. The topological polar surface area (TPSA) is 84.7 Å². The first-order valence-corrected chi connectivity index (χ1v) is 11.2. The highest BCUT2D eigenvalue weighted by Gasteiger charge is 2.43. The number of furan rings is 1. The van der Waals surface area contributed by atoms with Crippen LogP contribution < -0.4 is 0 Å². The van der Waals surface area contributed by atoms with Gasteiger partial charge in [-0.25, -0.2) is 16.8 Å². The van der Waals surface area contributed by atoms with E-state index >= 15 is 0 Å². The molecule has 0 bridgehead atoms. The molecule has 1 aliphatic heterocycles. The summed E-state index contributed by atoms with van der Waals surface area (Å²) < 4.78 is 93.4. The smallest absolute Gasteiger partial charge is 0.416 e. The van der Waals surface area contributed by atoms with Crippen molar-refractivity contribution in [1.29, 1.82) is 0 Å². The lowest BCUT2D eigenvalue weighted by Crippen LogP contribution is -2.57. The van der Waals surface area contributed by atoms with Gasteiger partial charge in [0.25, 0.3) is 0 Å². The van der Waals surface area contributed by atoms with Crippen LogP contribution >= 0.6 is 0 Å². The highest BCUT2D eigenvalue weighted by molar-refractivity contribution is 7.92. The van der Waals surface area contributed by atoms with Crippen LogP contribution in [0.3, 0.4) is 0 Å². The Morgan fingerprint density at radius 2 is 1.74 bits per heavy atom. The molecule has 6 nitrogen and oxygen atoms in total. The van der Waals surface area contributed by atoms with Gasteiger partial charge < -0.3 is 4.42 Å². The highest BCUT2D eigenvalue weighted by Crippen LogP contribution is 2.31. The molecule has 2 heterocycles. The van der Waals surface area contributed by atoms with Crippen molar-refractivity contribution in [2.24, 2.45) is 0 Å². The molecule has 0 saturated carbocycles. The Balaban J connectivity index is 1.65. The molecule has 1 fully saturated rings. The summed E-state index contributed by atoms with van der Waals surface area (Å²) in [4.78, 5) is 0. The van der Waals surface area contributed by atoms with Crippen LogP contribution in [0.4, 0.5) is 13.2 Å². The predicted octanol–water partition coefficient (Wildman–Crippen LogP) is 2.43. The maximum atomic E-state index is 12.7. The molecule has 0 atom stereocenters. The summed E-state index contributed by atoms with van der Waals surface area (Å²) in [5, 5.41) is -0.862. The molecular weight excluding hydrogens is 407 g/mol. The van der Waals surface area contributed by atoms with Gasteiger partial charge in [-0.3, -0.25) is 0 Å². The van der Waals surface area contributed by atoms with Gasteiger partial charge in [0, 0.05) is 13.1 Å². The van der Waals surface area contributed by atoms with Gasteiger partial charge in [-0.2, -0.15) is 17.5 Å². The van der Waals surface area contributed by atoms with E-state index in [0.29, 0.717) is 0 Å². The van der Waals surface area contributed by atoms with E-state index in [1.165, 1.54) is 18.4 Å². The van der Waals surface area contributed by atoms with Crippen LogP contribution in [0.25, 0.3) is 0 Å². The molecule has 0 spiro atoms. The zero-order valence-electron chi connectivity index (χ0n) is 13.9. The highest BCUT2D eigenvalue weighted by atomic mass is 32.2. The summed E-state index contributed by atoms with van der Waals surface area (Å²) in [6, 6.07) is 7.13. The Morgan fingerprint density at radius 1 is 1.04 bits per heavy atom. The van der Waals surface area contributed by atoms with E-state index in [0.717, 1.165) is 22.5 Å². The number of hydrogen-bond donors (Lipinski definition) is 0. The number of alkyl halides is 3. The number of sulfone groups is 1. The molecule has 27 heavy (non-hydrogen) atoms. The van der Waals surface area contributed by atoms with Gasteiger partial charge in [0.05, 0.1) is 22.8 Å². The summed E-state index contributed by atoms with van der Waals surface area (Å²) in [7, 11) is -7.50. The fraction of sp³-hybridized carbons (Fsp3) is 0.375. The average molecular weight is 423 g/mol. The molecule has 0 unspecified atom stereocenters. The van der Waals surface area contributed by atoms with Gasteiger partial charge >= 0.3 is 6.18 Å². The number of rotatable bonds is 6. The molecule has 1 aromatic carbocycles. The number of hydrogen-bond acceptors (Lipinski definition) is 5. The van der Waals surface area contributed by atoms with Crippen LogP contribution in [0.1, 0.15) is 16.9 Å². The fourth-order valence-corrected chi connectivity index (χ4v) is 6.10. The van der Waals surface area contributed by atoms with Gasteiger partial charge in [-0.05, 0) is 23.8 Å². The molecule has 1 saturated heterocycles. The summed E-state index contributed by atoms with van der Waals surface area (Å²) in [5.41, 5.74) is -0.940. The molecular formula is C16H16F3NO5S2. The minimum atomic E-state index is -4.57. The van der Waals surface area contributed by atoms with Gasteiger partial charge in [0.2, 0.25) is 10.0 Å². The Hall–Kier alpha value is -1.85. The predicted molar refractivity (Wildman–Crippen MR) is 90.8 cm³/mol. The van der Waals surface area contributed by atoms with E-state index < -0.39 is 42.6 Å². The van der Waals surface area contributed by atoms with E-state index in [-0.39, 0.29) is 30.2 Å². The first kappa shape index (κ1) is 19.9. The number of sulfonamides is 1. The van der Waals surface area contributed by atoms with Crippen LogP contribution in [-0.4, -0.2) is 39.5 Å². The number of halogens is 3. The first-order valence-electron chi connectivity index (χ1n) is 7.85. The minimum absolute atomic E-state index is 0.00767. The molecule has 0 aliphatic carbocycles. The quantitative estimate of drug-likeness (QED) is 0.713. The van der Waals surface area contributed by atoms with Crippen molar-refractivity contribution in [2.75, 3.05) is 13.1 Å². The Labute approximate surface area is 154 Å². The van der Waals surface area contributed by atoms with Crippen molar-refractivity contribution in [3.05, 3.63) is 59.5 Å².